The summed E-state index contributed by atoms with van der Waals surface area (Å²) in [6, 6.07) is 6.01. The molecule has 0 radical (unpaired) electrons. The van der Waals surface area contributed by atoms with E-state index in [0.717, 1.165) is 22.7 Å². The molecule has 0 aliphatic carbocycles. The molecule has 0 saturated carbocycles. The summed E-state index contributed by atoms with van der Waals surface area (Å²) >= 11 is 4.20. The second kappa shape index (κ2) is 7.21. The summed E-state index contributed by atoms with van der Waals surface area (Å²) in [4.78, 5) is 24.9. The van der Waals surface area contributed by atoms with Crippen molar-refractivity contribution >= 4 is 50.8 Å². The minimum absolute atomic E-state index is 0.0667. The number of fused-ring (bicyclic) bond motifs is 2. The van der Waals surface area contributed by atoms with Gasteiger partial charge < -0.3 is 4.74 Å². The maximum absolute atomic E-state index is 13.3. The first-order valence-electron chi connectivity index (χ1n) is 8.18. The number of anilines is 2. The molecule has 0 saturated heterocycles. The topological polar surface area (TPSA) is 72.7 Å². The van der Waals surface area contributed by atoms with Crippen LogP contribution in [0.1, 0.15) is 26.3 Å². The van der Waals surface area contributed by atoms with E-state index < -0.39 is 34.0 Å². The van der Waals surface area contributed by atoms with Crippen LogP contribution in [0.5, 0.6) is 0 Å². The molecule has 1 amide bonds. The zero-order valence-electron chi connectivity index (χ0n) is 15.3. The van der Waals surface area contributed by atoms with Gasteiger partial charge in [0.05, 0.1) is 16.2 Å². The molecule has 2 aromatic rings. The third-order valence-electron chi connectivity index (χ3n) is 3.76. The van der Waals surface area contributed by atoms with Gasteiger partial charge in [0.25, 0.3) is 5.69 Å². The van der Waals surface area contributed by atoms with Crippen LogP contribution in [-0.2, 0) is 10.9 Å². The van der Waals surface area contributed by atoms with E-state index in [1.54, 1.807) is 39.0 Å². The summed E-state index contributed by atoms with van der Waals surface area (Å²) in [7, 11) is 0. The van der Waals surface area contributed by atoms with E-state index >= 15 is 0 Å². The van der Waals surface area contributed by atoms with Crippen molar-refractivity contribution in [2.24, 2.45) is 0 Å². The number of alkyl halides is 3. The number of halogens is 4. The lowest BCUT2D eigenvalue weighted by atomic mass is 10.1. The molecule has 1 heterocycles. The molecular formula is C18H14BrF3N2O4S. The summed E-state index contributed by atoms with van der Waals surface area (Å²) in [5.74, 6) is 0. The highest BCUT2D eigenvalue weighted by molar-refractivity contribution is 9.10. The fraction of sp³-hybridized carbons (Fsp3) is 0.278. The van der Waals surface area contributed by atoms with Crippen LogP contribution in [0.15, 0.2) is 44.6 Å². The van der Waals surface area contributed by atoms with Crippen molar-refractivity contribution in [3.8, 4) is 0 Å². The molecule has 0 spiro atoms. The van der Waals surface area contributed by atoms with Crippen molar-refractivity contribution < 1.29 is 27.6 Å². The van der Waals surface area contributed by atoms with Gasteiger partial charge in [-0.1, -0.05) is 27.7 Å². The summed E-state index contributed by atoms with van der Waals surface area (Å²) < 4.78 is 45.9. The van der Waals surface area contributed by atoms with Crippen LogP contribution in [-0.4, -0.2) is 16.6 Å². The van der Waals surface area contributed by atoms with Gasteiger partial charge in [-0.15, -0.1) is 0 Å². The summed E-state index contributed by atoms with van der Waals surface area (Å²) in [5, 5.41) is 11.6. The smallest absolute Gasteiger partial charge is 0.419 e. The van der Waals surface area contributed by atoms with Gasteiger partial charge in [-0.2, -0.15) is 13.2 Å². The van der Waals surface area contributed by atoms with Gasteiger partial charge in [-0.05, 0) is 45.0 Å². The van der Waals surface area contributed by atoms with E-state index in [1.165, 1.54) is 0 Å². The third-order valence-corrected chi connectivity index (χ3v) is 5.33. The largest absolute Gasteiger partial charge is 0.443 e. The lowest BCUT2D eigenvalue weighted by molar-refractivity contribution is -0.384. The Balaban J connectivity index is 2.30. The molecule has 1 aliphatic heterocycles. The molecule has 0 bridgehead atoms. The Bertz CT molecular complexity index is 1020. The average molecular weight is 491 g/mol. The first-order valence-corrected chi connectivity index (χ1v) is 9.79. The number of benzene rings is 2. The first kappa shape index (κ1) is 21.4. The van der Waals surface area contributed by atoms with E-state index in [9.17, 15) is 28.1 Å². The lowest BCUT2D eigenvalue weighted by Gasteiger charge is -2.32. The van der Waals surface area contributed by atoms with Gasteiger partial charge in [-0.3, -0.25) is 10.1 Å². The van der Waals surface area contributed by atoms with Crippen LogP contribution >= 0.6 is 27.7 Å². The van der Waals surface area contributed by atoms with Crippen LogP contribution in [0.25, 0.3) is 0 Å². The van der Waals surface area contributed by atoms with Gasteiger partial charge in [0.2, 0.25) is 0 Å². The fourth-order valence-corrected chi connectivity index (χ4v) is 4.37. The van der Waals surface area contributed by atoms with Crippen molar-refractivity contribution in [1.82, 2.24) is 0 Å². The van der Waals surface area contributed by atoms with Crippen molar-refractivity contribution in [3.05, 3.63) is 50.5 Å². The average Bonchev–Trinajstić information content (AvgIpc) is 2.55. The Morgan fingerprint density at radius 3 is 2.38 bits per heavy atom. The summed E-state index contributed by atoms with van der Waals surface area (Å²) in [6.45, 7) is 4.86. The van der Waals surface area contributed by atoms with Crippen molar-refractivity contribution in [2.75, 3.05) is 4.90 Å². The zero-order valence-corrected chi connectivity index (χ0v) is 17.7. The summed E-state index contributed by atoms with van der Waals surface area (Å²) in [5.41, 5.74) is -2.89. The summed E-state index contributed by atoms with van der Waals surface area (Å²) in [6.07, 6.45) is -5.71. The molecule has 3 rings (SSSR count). The van der Waals surface area contributed by atoms with Gasteiger partial charge in [0, 0.05) is 20.3 Å². The number of nitro benzene ring substituents is 1. The molecule has 29 heavy (non-hydrogen) atoms. The number of rotatable bonds is 1. The van der Waals surface area contributed by atoms with Crippen LogP contribution in [0.4, 0.5) is 35.0 Å². The predicted molar refractivity (Wildman–Crippen MR) is 105 cm³/mol. The van der Waals surface area contributed by atoms with E-state index in [1.807, 2.05) is 0 Å². The monoisotopic (exact) mass is 490 g/mol. The highest BCUT2D eigenvalue weighted by Crippen LogP contribution is 2.54. The SMILES string of the molecule is CC(C)(C)OC(=O)N1c2ccc(Br)cc2Sc2cc(C(F)(F)F)cc([N+](=O)[O-])c21. The third kappa shape index (κ3) is 4.35. The Hall–Kier alpha value is -2.27. The number of ether oxygens (including phenoxy) is 1. The molecule has 154 valence electrons. The lowest BCUT2D eigenvalue weighted by Crippen LogP contribution is -2.35. The normalized spacial score (nSPS) is 13.6. The number of amides is 1. The van der Waals surface area contributed by atoms with E-state index in [0.29, 0.717) is 15.4 Å². The molecule has 0 unspecified atom stereocenters. The van der Waals surface area contributed by atoms with Crippen LogP contribution in [0.3, 0.4) is 0 Å². The number of nitrogens with zero attached hydrogens (tertiary/aromatic N) is 2. The van der Waals surface area contributed by atoms with Gasteiger partial charge in [0.1, 0.15) is 11.3 Å². The Kier molecular flexibility index (Phi) is 5.33. The van der Waals surface area contributed by atoms with Gasteiger partial charge in [0.15, 0.2) is 0 Å². The Labute approximate surface area is 176 Å². The maximum Gasteiger partial charge on any atom is 0.419 e. The number of carbonyl (C=O) groups excluding carboxylic acids is 1. The molecule has 1 aliphatic rings. The van der Waals surface area contributed by atoms with Gasteiger partial charge >= 0.3 is 12.3 Å². The van der Waals surface area contributed by atoms with Crippen LogP contribution in [0.2, 0.25) is 0 Å². The number of hydrogen-bond donors (Lipinski definition) is 0. The minimum atomic E-state index is -4.78. The van der Waals surface area contributed by atoms with Crippen molar-refractivity contribution in [3.63, 3.8) is 0 Å². The van der Waals surface area contributed by atoms with Crippen molar-refractivity contribution in [1.29, 1.82) is 0 Å². The van der Waals surface area contributed by atoms with Crippen LogP contribution < -0.4 is 4.90 Å². The number of hydrogen-bond acceptors (Lipinski definition) is 5. The van der Waals surface area contributed by atoms with Crippen molar-refractivity contribution in [2.45, 2.75) is 42.3 Å². The second-order valence-electron chi connectivity index (χ2n) is 7.13. The fourth-order valence-electron chi connectivity index (χ4n) is 2.69. The zero-order chi connectivity index (χ0) is 21.7. The highest BCUT2D eigenvalue weighted by atomic mass is 79.9. The van der Waals surface area contributed by atoms with E-state index in [4.69, 9.17) is 4.74 Å². The highest BCUT2D eigenvalue weighted by Gasteiger charge is 2.41. The molecular weight excluding hydrogens is 477 g/mol. The quantitative estimate of drug-likeness (QED) is 0.320. The number of carbonyl (C=O) groups is 1. The molecule has 0 aromatic heterocycles. The minimum Gasteiger partial charge on any atom is -0.443 e. The van der Waals surface area contributed by atoms with E-state index in [2.05, 4.69) is 15.9 Å². The standard InChI is InChI=1S/C18H14BrF3N2O4S/c1-17(2,3)28-16(25)23-11-5-4-10(19)8-13(11)29-14-7-9(18(20,21)22)6-12(15(14)23)24(26)27/h4-8H,1-3H3. The predicted octanol–water partition coefficient (Wildman–Crippen LogP) is 6.91. The Morgan fingerprint density at radius 1 is 1.17 bits per heavy atom. The molecule has 6 nitrogen and oxygen atoms in total. The maximum atomic E-state index is 13.3. The molecule has 0 N–H and O–H groups in total. The molecule has 0 atom stereocenters. The first-order chi connectivity index (χ1) is 13.3. The molecule has 0 fully saturated rings. The second-order valence-corrected chi connectivity index (χ2v) is 9.13. The molecule has 2 aromatic carbocycles. The Morgan fingerprint density at radius 2 is 1.83 bits per heavy atom. The van der Waals surface area contributed by atoms with E-state index in [-0.39, 0.29) is 16.3 Å². The van der Waals surface area contributed by atoms with Crippen LogP contribution in [0, 0.1) is 10.1 Å². The molecule has 11 heteroatoms. The number of nitro groups is 1. The van der Waals surface area contributed by atoms with Gasteiger partial charge in [-0.25, -0.2) is 9.69 Å².